The van der Waals surface area contributed by atoms with E-state index in [-0.39, 0.29) is 17.8 Å². The first-order valence-corrected chi connectivity index (χ1v) is 9.67. The zero-order chi connectivity index (χ0) is 20.8. The molecule has 1 aromatic carbocycles. The van der Waals surface area contributed by atoms with Crippen molar-refractivity contribution in [3.8, 4) is 0 Å². The zero-order valence-electron chi connectivity index (χ0n) is 16.8. The van der Waals surface area contributed by atoms with E-state index in [9.17, 15) is 25.2 Å². The molecule has 1 fully saturated rings. The lowest BCUT2D eigenvalue weighted by molar-refractivity contribution is -0.300. The van der Waals surface area contributed by atoms with Gasteiger partial charge in [-0.25, -0.2) is 0 Å². The van der Waals surface area contributed by atoms with Crippen molar-refractivity contribution in [3.05, 3.63) is 33.9 Å². The molecule has 1 aliphatic carbocycles. The summed E-state index contributed by atoms with van der Waals surface area (Å²) in [6.07, 6.45) is -5.17. The molecule has 0 bridgehead atoms. The van der Waals surface area contributed by atoms with Crippen LogP contribution in [0, 0.1) is 19.3 Å². The Labute approximate surface area is 164 Å². The molecule has 0 radical (unpaired) electrons. The van der Waals surface area contributed by atoms with Crippen LogP contribution in [0.15, 0.2) is 6.07 Å². The monoisotopic (exact) mass is 394 g/mol. The van der Waals surface area contributed by atoms with Gasteiger partial charge in [0.25, 0.3) is 0 Å². The minimum Gasteiger partial charge on any atom is -0.394 e. The van der Waals surface area contributed by atoms with Crippen molar-refractivity contribution < 1.29 is 34.7 Å². The number of aliphatic hydroxyl groups excluding tert-OH is 4. The average molecular weight is 394 g/mol. The molecule has 0 aromatic heterocycles. The number of carbonyl (C=O) groups excluding carboxylic acids is 1. The smallest absolute Gasteiger partial charge is 0.186 e. The second-order valence-electron chi connectivity index (χ2n) is 8.54. The number of aryl methyl sites for hydroxylation is 1. The molecule has 7 heteroatoms. The second-order valence-corrected chi connectivity index (χ2v) is 8.54. The minimum atomic E-state index is -1.46. The van der Waals surface area contributed by atoms with E-state index in [1.54, 1.807) is 0 Å². The number of Topliss-reactive ketones (excluding diaryl/α,β-unsaturated/α-hetero) is 1. The molecule has 1 heterocycles. The minimum absolute atomic E-state index is 0.163. The van der Waals surface area contributed by atoms with Crippen LogP contribution in [0.2, 0.25) is 0 Å². The number of hydrogen-bond donors (Lipinski definition) is 4. The van der Waals surface area contributed by atoms with Gasteiger partial charge in [-0.2, -0.15) is 0 Å². The predicted octanol–water partition coefficient (Wildman–Crippen LogP) is 0.427. The SMILES string of the molecule is Cc1cc2c(c(C)c1CCO[C@@H]1OC(CO)[C@@H](O)[C@H](O)C1O)C(=O)C(C)(C)C2. The Morgan fingerprint density at radius 2 is 1.86 bits per heavy atom. The summed E-state index contributed by atoms with van der Waals surface area (Å²) in [7, 11) is 0. The highest BCUT2D eigenvalue weighted by molar-refractivity contribution is 6.06. The largest absolute Gasteiger partial charge is 0.394 e. The number of carbonyl (C=O) groups is 1. The van der Waals surface area contributed by atoms with Crippen LogP contribution in [-0.2, 0) is 22.3 Å². The van der Waals surface area contributed by atoms with Gasteiger partial charge in [-0.1, -0.05) is 19.9 Å². The molecule has 3 rings (SSSR count). The third-order valence-corrected chi connectivity index (χ3v) is 5.97. The van der Waals surface area contributed by atoms with Gasteiger partial charge in [0.1, 0.15) is 24.4 Å². The van der Waals surface area contributed by atoms with E-state index in [4.69, 9.17) is 9.47 Å². The summed E-state index contributed by atoms with van der Waals surface area (Å²) in [6.45, 7) is 7.59. The average Bonchev–Trinajstić information content (AvgIpc) is 2.86. The van der Waals surface area contributed by atoms with Gasteiger partial charge in [-0.3, -0.25) is 4.79 Å². The Balaban J connectivity index is 1.71. The Morgan fingerprint density at radius 1 is 1.18 bits per heavy atom. The van der Waals surface area contributed by atoms with Crippen molar-refractivity contribution in [1.82, 2.24) is 0 Å². The van der Waals surface area contributed by atoms with Crippen LogP contribution in [0.25, 0.3) is 0 Å². The Kier molecular flexibility index (Phi) is 5.96. The lowest BCUT2D eigenvalue weighted by Gasteiger charge is -2.39. The van der Waals surface area contributed by atoms with E-state index in [1.807, 2.05) is 27.7 Å². The maximum Gasteiger partial charge on any atom is 0.186 e. The first-order chi connectivity index (χ1) is 13.1. The number of aliphatic hydroxyl groups is 4. The standard InChI is InChI=1S/C21H30O7/c1-10-7-12-8-21(3,4)19(26)15(12)11(2)13(10)5-6-27-20-18(25)17(24)16(23)14(9-22)28-20/h7,14,16-18,20,22-25H,5-6,8-9H2,1-4H3/t14?,16-,17+,18?,20-/m1/s1. The molecule has 4 N–H and O–H groups in total. The lowest BCUT2D eigenvalue weighted by atomic mass is 9.88. The molecule has 2 aliphatic rings. The summed E-state index contributed by atoms with van der Waals surface area (Å²) in [5.74, 6) is 0.163. The third-order valence-electron chi connectivity index (χ3n) is 5.97. The van der Waals surface area contributed by atoms with Crippen LogP contribution in [0.1, 0.15) is 46.5 Å². The number of fused-ring (bicyclic) bond motifs is 1. The first-order valence-electron chi connectivity index (χ1n) is 9.67. The molecule has 7 nitrogen and oxygen atoms in total. The third kappa shape index (κ3) is 3.63. The summed E-state index contributed by atoms with van der Waals surface area (Å²) in [5, 5.41) is 39.0. The topological polar surface area (TPSA) is 116 Å². The molecule has 0 amide bonds. The number of hydrogen-bond acceptors (Lipinski definition) is 7. The maximum atomic E-state index is 12.7. The van der Waals surface area contributed by atoms with Crippen LogP contribution in [0.4, 0.5) is 0 Å². The van der Waals surface area contributed by atoms with E-state index >= 15 is 0 Å². The van der Waals surface area contributed by atoms with Gasteiger partial charge in [-0.15, -0.1) is 0 Å². The van der Waals surface area contributed by atoms with E-state index in [1.165, 1.54) is 0 Å². The molecule has 0 saturated carbocycles. The molecule has 0 spiro atoms. The quantitative estimate of drug-likeness (QED) is 0.572. The Hall–Kier alpha value is -1.35. The molecule has 156 valence electrons. The van der Waals surface area contributed by atoms with E-state index < -0.39 is 37.3 Å². The fraction of sp³-hybridized carbons (Fsp3) is 0.667. The molecular weight excluding hydrogens is 364 g/mol. The highest BCUT2D eigenvalue weighted by Crippen LogP contribution is 2.39. The van der Waals surface area contributed by atoms with Crippen molar-refractivity contribution in [2.45, 2.75) is 71.2 Å². The van der Waals surface area contributed by atoms with Gasteiger partial charge in [0.15, 0.2) is 12.1 Å². The summed E-state index contributed by atoms with van der Waals surface area (Å²) in [4.78, 5) is 12.7. The van der Waals surface area contributed by atoms with Crippen molar-refractivity contribution in [2.75, 3.05) is 13.2 Å². The Bertz CT molecular complexity index is 756. The first kappa shape index (κ1) is 21.4. The summed E-state index contributed by atoms with van der Waals surface area (Å²) < 4.78 is 11.0. The second kappa shape index (κ2) is 7.82. The van der Waals surface area contributed by atoms with Gasteiger partial charge in [0.2, 0.25) is 0 Å². The molecule has 1 aliphatic heterocycles. The van der Waals surface area contributed by atoms with Crippen molar-refractivity contribution in [1.29, 1.82) is 0 Å². The zero-order valence-corrected chi connectivity index (χ0v) is 16.8. The van der Waals surface area contributed by atoms with Gasteiger partial charge in [-0.05, 0) is 48.9 Å². The van der Waals surface area contributed by atoms with Gasteiger partial charge < -0.3 is 29.9 Å². The summed E-state index contributed by atoms with van der Waals surface area (Å²) in [6, 6.07) is 2.07. The maximum absolute atomic E-state index is 12.7. The molecule has 1 aromatic rings. The number of benzene rings is 1. The van der Waals surface area contributed by atoms with Crippen LogP contribution in [-0.4, -0.2) is 70.1 Å². The van der Waals surface area contributed by atoms with Crippen LogP contribution >= 0.6 is 0 Å². The molecule has 5 atom stereocenters. The molecule has 1 saturated heterocycles. The number of rotatable bonds is 5. The van der Waals surface area contributed by atoms with Crippen molar-refractivity contribution >= 4 is 5.78 Å². The van der Waals surface area contributed by atoms with Crippen molar-refractivity contribution in [2.24, 2.45) is 5.41 Å². The van der Waals surface area contributed by atoms with Gasteiger partial charge in [0.05, 0.1) is 13.2 Å². The summed E-state index contributed by atoms with van der Waals surface area (Å²) in [5.41, 5.74) is 4.57. The van der Waals surface area contributed by atoms with Gasteiger partial charge in [0, 0.05) is 11.0 Å². The lowest BCUT2D eigenvalue weighted by Crippen LogP contribution is -2.59. The highest BCUT2D eigenvalue weighted by atomic mass is 16.7. The van der Waals surface area contributed by atoms with Crippen LogP contribution < -0.4 is 0 Å². The molecule has 28 heavy (non-hydrogen) atoms. The normalized spacial score (nSPS) is 31.9. The van der Waals surface area contributed by atoms with E-state index in [0.29, 0.717) is 6.42 Å². The van der Waals surface area contributed by atoms with Crippen molar-refractivity contribution in [3.63, 3.8) is 0 Å². The fourth-order valence-electron chi connectivity index (χ4n) is 4.33. The van der Waals surface area contributed by atoms with E-state index in [2.05, 4.69) is 6.07 Å². The number of ether oxygens (including phenoxy) is 2. The predicted molar refractivity (Wildman–Crippen MR) is 101 cm³/mol. The molecule has 2 unspecified atom stereocenters. The summed E-state index contributed by atoms with van der Waals surface area (Å²) >= 11 is 0. The molecular formula is C21H30O7. The number of ketones is 1. The van der Waals surface area contributed by atoms with Crippen LogP contribution in [0.3, 0.4) is 0 Å². The van der Waals surface area contributed by atoms with E-state index in [0.717, 1.165) is 34.2 Å². The van der Waals surface area contributed by atoms with Gasteiger partial charge >= 0.3 is 0 Å². The highest BCUT2D eigenvalue weighted by Gasteiger charge is 2.44. The van der Waals surface area contributed by atoms with Crippen LogP contribution in [0.5, 0.6) is 0 Å². The Morgan fingerprint density at radius 3 is 2.50 bits per heavy atom. The fourth-order valence-corrected chi connectivity index (χ4v) is 4.33.